The van der Waals surface area contributed by atoms with Gasteiger partial charge >= 0.3 is 7.82 Å². The maximum absolute atomic E-state index is 10.8. The van der Waals surface area contributed by atoms with Crippen LogP contribution in [0.2, 0.25) is 0 Å². The molecule has 0 bridgehead atoms. The third-order valence-electron chi connectivity index (χ3n) is 0.929. The number of aliphatic hydroxyl groups is 1. The Morgan fingerprint density at radius 1 is 1.33 bits per heavy atom. The predicted molar refractivity (Wildman–Crippen MR) is 42.5 cm³/mol. The molecule has 0 aromatic carbocycles. The average molecular weight is 199 g/mol. The van der Waals surface area contributed by atoms with Crippen LogP contribution in [-0.2, 0) is 13.6 Å². The molecule has 0 heterocycles. The van der Waals surface area contributed by atoms with Gasteiger partial charge in [0.1, 0.15) is 0 Å². The first-order valence-corrected chi connectivity index (χ1v) is 5.04. The molecule has 0 fully saturated rings. The minimum Gasteiger partial charge on any atom is -0.396 e. The Bertz CT molecular complexity index is 153. The van der Waals surface area contributed by atoms with Crippen molar-refractivity contribution in [2.24, 2.45) is 5.73 Å². The lowest BCUT2D eigenvalue weighted by molar-refractivity contribution is 0.142. The second kappa shape index (κ2) is 6.54. The maximum Gasteiger partial charge on any atom is 0.472 e. The normalized spacial score (nSPS) is 15.9. The van der Waals surface area contributed by atoms with Crippen LogP contribution in [0.5, 0.6) is 0 Å². The van der Waals surface area contributed by atoms with Crippen molar-refractivity contribution >= 4 is 7.82 Å². The lowest BCUT2D eigenvalue weighted by Crippen LogP contribution is -2.08. The zero-order chi connectivity index (χ0) is 9.45. The zero-order valence-corrected chi connectivity index (χ0v) is 7.57. The summed E-state index contributed by atoms with van der Waals surface area (Å²) in [7, 11) is -3.93. The number of hydrogen-bond donors (Lipinski definition) is 3. The minimum atomic E-state index is -3.93. The molecule has 0 saturated carbocycles. The molecule has 1 unspecified atom stereocenters. The number of aliphatic hydroxyl groups excluding tert-OH is 1. The van der Waals surface area contributed by atoms with Gasteiger partial charge in [0, 0.05) is 13.2 Å². The fourth-order valence-corrected chi connectivity index (χ4v) is 1.22. The highest BCUT2D eigenvalue weighted by atomic mass is 31.2. The summed E-state index contributed by atoms with van der Waals surface area (Å²) < 4.78 is 19.7. The van der Waals surface area contributed by atoms with E-state index in [0.717, 1.165) is 0 Å². The molecule has 1 atom stereocenters. The molecule has 0 amide bonds. The van der Waals surface area contributed by atoms with Crippen LogP contribution in [0.1, 0.15) is 6.42 Å². The minimum absolute atomic E-state index is 0.00511. The molecular formula is C5H14NO5P. The Hall–Kier alpha value is 0.0300. The molecule has 0 radical (unpaired) electrons. The van der Waals surface area contributed by atoms with E-state index in [0.29, 0.717) is 6.42 Å². The van der Waals surface area contributed by atoms with Gasteiger partial charge in [0.25, 0.3) is 0 Å². The number of phosphoric ester groups is 1. The lowest BCUT2D eigenvalue weighted by Gasteiger charge is -2.10. The summed E-state index contributed by atoms with van der Waals surface area (Å²) in [5, 5.41) is 8.33. The van der Waals surface area contributed by atoms with Crippen LogP contribution in [0.4, 0.5) is 0 Å². The van der Waals surface area contributed by atoms with Gasteiger partial charge in [0.05, 0.1) is 13.2 Å². The van der Waals surface area contributed by atoms with Crippen LogP contribution in [0.15, 0.2) is 0 Å². The number of nitrogens with two attached hydrogens (primary N) is 1. The molecule has 0 aliphatic rings. The lowest BCUT2D eigenvalue weighted by atomic mass is 10.5. The Morgan fingerprint density at radius 3 is 2.42 bits per heavy atom. The van der Waals surface area contributed by atoms with Crippen LogP contribution in [0.3, 0.4) is 0 Å². The van der Waals surface area contributed by atoms with Gasteiger partial charge in [-0.25, -0.2) is 4.57 Å². The largest absolute Gasteiger partial charge is 0.472 e. The van der Waals surface area contributed by atoms with Crippen LogP contribution in [0.25, 0.3) is 0 Å². The van der Waals surface area contributed by atoms with Gasteiger partial charge in [-0.3, -0.25) is 9.05 Å². The van der Waals surface area contributed by atoms with E-state index in [9.17, 15) is 4.57 Å². The Morgan fingerprint density at radius 2 is 1.92 bits per heavy atom. The van der Waals surface area contributed by atoms with Gasteiger partial charge in [0.15, 0.2) is 0 Å². The molecule has 0 aliphatic carbocycles. The predicted octanol–water partition coefficient (Wildman–Crippen LogP) is -0.539. The van der Waals surface area contributed by atoms with E-state index in [1.54, 1.807) is 0 Å². The van der Waals surface area contributed by atoms with Crippen LogP contribution < -0.4 is 5.73 Å². The van der Waals surface area contributed by atoms with E-state index >= 15 is 0 Å². The second-order valence-electron chi connectivity index (χ2n) is 2.00. The van der Waals surface area contributed by atoms with Gasteiger partial charge in [-0.05, 0) is 6.42 Å². The summed E-state index contributed by atoms with van der Waals surface area (Å²) >= 11 is 0. The third kappa shape index (κ3) is 6.72. The van der Waals surface area contributed by atoms with E-state index in [4.69, 9.17) is 15.7 Å². The summed E-state index contributed by atoms with van der Waals surface area (Å²) in [6.07, 6.45) is 0.302. The zero-order valence-electron chi connectivity index (χ0n) is 6.68. The number of hydrogen-bond acceptors (Lipinski definition) is 5. The van der Waals surface area contributed by atoms with Crippen molar-refractivity contribution in [2.75, 3.05) is 26.4 Å². The molecule has 0 aliphatic heterocycles. The van der Waals surface area contributed by atoms with Gasteiger partial charge in [-0.2, -0.15) is 0 Å². The van der Waals surface area contributed by atoms with Crippen molar-refractivity contribution < 1.29 is 23.6 Å². The molecule has 74 valence electrons. The first-order valence-electron chi connectivity index (χ1n) is 3.55. The topological polar surface area (TPSA) is 102 Å². The highest BCUT2D eigenvalue weighted by Crippen LogP contribution is 2.42. The molecule has 0 spiro atoms. The molecule has 0 saturated heterocycles. The van der Waals surface area contributed by atoms with Crippen molar-refractivity contribution in [1.29, 1.82) is 0 Å². The summed E-state index contributed by atoms with van der Waals surface area (Å²) in [5.41, 5.74) is 5.04. The molecular weight excluding hydrogens is 185 g/mol. The molecule has 0 aromatic rings. The highest BCUT2D eigenvalue weighted by Gasteiger charge is 2.19. The molecule has 12 heavy (non-hydrogen) atoms. The summed E-state index contributed by atoms with van der Waals surface area (Å²) in [5.74, 6) is 0. The second-order valence-corrected chi connectivity index (χ2v) is 3.45. The van der Waals surface area contributed by atoms with E-state index in [1.165, 1.54) is 0 Å². The molecule has 0 aromatic heterocycles. The third-order valence-corrected chi connectivity index (χ3v) is 1.95. The average Bonchev–Trinajstić information content (AvgIpc) is 2.01. The summed E-state index contributed by atoms with van der Waals surface area (Å²) in [6, 6.07) is 0. The standard InChI is InChI=1S/C5H14NO5P/c6-2-5-11-12(8,9)10-4-1-3-7/h7H,1-6H2,(H,8,9). The molecule has 6 nitrogen and oxygen atoms in total. The van der Waals surface area contributed by atoms with E-state index in [2.05, 4.69) is 9.05 Å². The fourth-order valence-electron chi connectivity index (χ4n) is 0.450. The number of rotatable bonds is 7. The van der Waals surface area contributed by atoms with Gasteiger partial charge in [-0.15, -0.1) is 0 Å². The molecule has 7 heteroatoms. The van der Waals surface area contributed by atoms with Crippen molar-refractivity contribution in [1.82, 2.24) is 0 Å². The van der Waals surface area contributed by atoms with Crippen molar-refractivity contribution in [3.63, 3.8) is 0 Å². The Kier molecular flexibility index (Phi) is 6.55. The Balaban J connectivity index is 3.49. The van der Waals surface area contributed by atoms with Gasteiger partial charge < -0.3 is 15.7 Å². The maximum atomic E-state index is 10.8. The highest BCUT2D eigenvalue weighted by molar-refractivity contribution is 7.47. The van der Waals surface area contributed by atoms with Crippen LogP contribution in [-0.4, -0.2) is 36.4 Å². The van der Waals surface area contributed by atoms with Crippen LogP contribution >= 0.6 is 7.82 Å². The summed E-state index contributed by atoms with van der Waals surface area (Å²) in [6.45, 7) is 0.0482. The quantitative estimate of drug-likeness (QED) is 0.376. The first-order chi connectivity index (χ1) is 5.62. The van der Waals surface area contributed by atoms with E-state index in [1.807, 2.05) is 0 Å². The monoisotopic (exact) mass is 199 g/mol. The van der Waals surface area contributed by atoms with E-state index < -0.39 is 7.82 Å². The molecule has 0 rings (SSSR count). The molecule has 4 N–H and O–H groups in total. The van der Waals surface area contributed by atoms with Crippen molar-refractivity contribution in [3.05, 3.63) is 0 Å². The number of phosphoric acid groups is 1. The van der Waals surface area contributed by atoms with Crippen molar-refractivity contribution in [3.8, 4) is 0 Å². The van der Waals surface area contributed by atoms with Gasteiger partial charge in [-0.1, -0.05) is 0 Å². The summed E-state index contributed by atoms with van der Waals surface area (Å²) in [4.78, 5) is 8.85. The van der Waals surface area contributed by atoms with Crippen molar-refractivity contribution in [2.45, 2.75) is 6.42 Å². The smallest absolute Gasteiger partial charge is 0.396 e. The SMILES string of the molecule is NCCOP(=O)(O)OCCCO. The van der Waals surface area contributed by atoms with E-state index in [-0.39, 0.29) is 26.4 Å². The first kappa shape index (κ1) is 12.0. The van der Waals surface area contributed by atoms with Gasteiger partial charge in [0.2, 0.25) is 0 Å². The van der Waals surface area contributed by atoms with Crippen LogP contribution in [0, 0.1) is 0 Å². The fraction of sp³-hybridized carbons (Fsp3) is 1.00. The Labute approximate surface area is 70.9 Å².